The van der Waals surface area contributed by atoms with Gasteiger partial charge in [-0.25, -0.2) is 4.79 Å². The fraction of sp³-hybridized carbons (Fsp3) is 0.611. The zero-order valence-electron chi connectivity index (χ0n) is 14.3. The summed E-state index contributed by atoms with van der Waals surface area (Å²) >= 11 is 0. The molecule has 3 atom stereocenters. The number of carbonyl (C=O) groups excluding carboxylic acids is 1. The quantitative estimate of drug-likeness (QED) is 0.689. The van der Waals surface area contributed by atoms with Gasteiger partial charge in [-0.15, -0.1) is 0 Å². The first-order chi connectivity index (χ1) is 11.0. The van der Waals surface area contributed by atoms with E-state index in [2.05, 4.69) is 29.5 Å². The lowest BCUT2D eigenvalue weighted by molar-refractivity contribution is 0.154. The second-order valence-electron chi connectivity index (χ2n) is 6.66. The molecule has 0 aliphatic heterocycles. The molecule has 2 rings (SSSR count). The fourth-order valence-electron chi connectivity index (χ4n) is 2.71. The van der Waals surface area contributed by atoms with Crippen molar-refractivity contribution < 1.29 is 9.90 Å². The maximum Gasteiger partial charge on any atom is 0.315 e. The molecule has 1 aliphatic rings. The van der Waals surface area contributed by atoms with Gasteiger partial charge in [0.2, 0.25) is 0 Å². The number of nitrogens with one attached hydrogen (secondary N) is 2. The van der Waals surface area contributed by atoms with Crippen LogP contribution in [0.1, 0.15) is 44.8 Å². The van der Waals surface area contributed by atoms with Crippen LogP contribution in [-0.2, 0) is 0 Å². The highest BCUT2D eigenvalue weighted by atomic mass is 16.3. The van der Waals surface area contributed by atoms with Gasteiger partial charge in [-0.1, -0.05) is 30.3 Å². The van der Waals surface area contributed by atoms with Crippen LogP contribution in [0, 0.1) is 0 Å². The molecule has 0 radical (unpaired) electrons. The molecule has 3 N–H and O–H groups in total. The molecule has 2 amide bonds. The van der Waals surface area contributed by atoms with Gasteiger partial charge in [0.05, 0.1) is 6.10 Å². The molecule has 3 unspecified atom stereocenters. The molecule has 1 aromatic carbocycles. The van der Waals surface area contributed by atoms with Crippen LogP contribution in [0.4, 0.5) is 4.79 Å². The molecular formula is C18H29N3O2. The number of carbonyl (C=O) groups is 1. The average molecular weight is 319 g/mol. The molecular weight excluding hydrogens is 290 g/mol. The van der Waals surface area contributed by atoms with Crippen LogP contribution >= 0.6 is 0 Å². The lowest BCUT2D eigenvalue weighted by Gasteiger charge is -2.25. The minimum absolute atomic E-state index is 0.0957. The van der Waals surface area contributed by atoms with E-state index in [0.717, 1.165) is 5.56 Å². The Labute approximate surface area is 139 Å². The van der Waals surface area contributed by atoms with Gasteiger partial charge in [0.25, 0.3) is 0 Å². The molecule has 5 nitrogen and oxygen atoms in total. The third kappa shape index (κ3) is 5.84. The van der Waals surface area contributed by atoms with E-state index in [0.29, 0.717) is 25.0 Å². The van der Waals surface area contributed by atoms with Gasteiger partial charge in [-0.05, 0) is 45.7 Å². The summed E-state index contributed by atoms with van der Waals surface area (Å²) < 4.78 is 0. The molecule has 128 valence electrons. The van der Waals surface area contributed by atoms with E-state index in [4.69, 9.17) is 0 Å². The maximum atomic E-state index is 12.0. The number of nitrogens with zero attached hydrogens (tertiary/aromatic N) is 1. The highest BCUT2D eigenvalue weighted by Crippen LogP contribution is 2.26. The molecule has 0 heterocycles. The van der Waals surface area contributed by atoms with Gasteiger partial charge in [0, 0.05) is 24.7 Å². The van der Waals surface area contributed by atoms with Crippen LogP contribution in [0.15, 0.2) is 30.3 Å². The molecule has 1 aromatic rings. The Balaban J connectivity index is 1.67. The number of rotatable bonds is 8. The molecule has 1 saturated carbocycles. The topological polar surface area (TPSA) is 64.6 Å². The summed E-state index contributed by atoms with van der Waals surface area (Å²) in [6.45, 7) is 4.67. The van der Waals surface area contributed by atoms with Crippen LogP contribution in [-0.4, -0.2) is 47.8 Å². The number of amides is 2. The molecule has 0 aromatic heterocycles. The Morgan fingerprint density at radius 2 is 1.96 bits per heavy atom. The first-order valence-corrected chi connectivity index (χ1v) is 8.46. The van der Waals surface area contributed by atoms with E-state index in [1.807, 2.05) is 37.3 Å². The van der Waals surface area contributed by atoms with Crippen molar-refractivity contribution >= 4 is 6.03 Å². The summed E-state index contributed by atoms with van der Waals surface area (Å²) in [4.78, 5) is 14.3. The smallest absolute Gasteiger partial charge is 0.315 e. The summed E-state index contributed by atoms with van der Waals surface area (Å²) in [7, 11) is 2.11. The first kappa shape index (κ1) is 17.8. The Morgan fingerprint density at radius 3 is 2.57 bits per heavy atom. The zero-order chi connectivity index (χ0) is 16.8. The average Bonchev–Trinajstić information content (AvgIpc) is 3.37. The number of likely N-dealkylation sites (N-methyl/N-ethyl adjacent to an activating group) is 1. The van der Waals surface area contributed by atoms with Crippen molar-refractivity contribution in [3.05, 3.63) is 35.9 Å². The summed E-state index contributed by atoms with van der Waals surface area (Å²) in [5, 5.41) is 16.0. The molecule has 1 fully saturated rings. The number of benzene rings is 1. The largest absolute Gasteiger partial charge is 0.388 e. The Morgan fingerprint density at radius 1 is 1.30 bits per heavy atom. The van der Waals surface area contributed by atoms with Gasteiger partial charge < -0.3 is 15.7 Å². The minimum atomic E-state index is -0.563. The fourth-order valence-corrected chi connectivity index (χ4v) is 2.71. The van der Waals surface area contributed by atoms with Crippen molar-refractivity contribution in [3.8, 4) is 0 Å². The van der Waals surface area contributed by atoms with Crippen LogP contribution < -0.4 is 10.6 Å². The van der Waals surface area contributed by atoms with Gasteiger partial charge in [-0.2, -0.15) is 0 Å². The normalized spacial score (nSPS) is 18.3. The van der Waals surface area contributed by atoms with Crippen molar-refractivity contribution in [2.45, 2.75) is 57.3 Å². The molecule has 0 saturated heterocycles. The number of aliphatic hydroxyl groups excluding tert-OH is 1. The molecule has 5 heteroatoms. The molecule has 0 bridgehead atoms. The second-order valence-corrected chi connectivity index (χ2v) is 6.66. The minimum Gasteiger partial charge on any atom is -0.388 e. The Bertz CT molecular complexity index is 490. The van der Waals surface area contributed by atoms with Gasteiger partial charge >= 0.3 is 6.03 Å². The van der Waals surface area contributed by atoms with Crippen molar-refractivity contribution in [1.82, 2.24) is 15.5 Å². The predicted molar refractivity (Wildman–Crippen MR) is 92.3 cm³/mol. The number of hydrogen-bond acceptors (Lipinski definition) is 3. The van der Waals surface area contributed by atoms with E-state index in [9.17, 15) is 9.90 Å². The zero-order valence-corrected chi connectivity index (χ0v) is 14.3. The second kappa shape index (κ2) is 8.31. The van der Waals surface area contributed by atoms with Crippen molar-refractivity contribution in [3.63, 3.8) is 0 Å². The Kier molecular flexibility index (Phi) is 6.42. The monoisotopic (exact) mass is 319 g/mol. The van der Waals surface area contributed by atoms with Crippen LogP contribution in [0.3, 0.4) is 0 Å². The van der Waals surface area contributed by atoms with Crippen LogP contribution in [0.5, 0.6) is 0 Å². The van der Waals surface area contributed by atoms with E-state index < -0.39 is 6.10 Å². The summed E-state index contributed by atoms with van der Waals surface area (Å²) in [6, 6.07) is 10.3. The SMILES string of the molecule is CC(CC(O)c1ccccc1)NC(=O)NCC(C)N(C)C1CC1. The Hall–Kier alpha value is -1.59. The lowest BCUT2D eigenvalue weighted by Crippen LogP contribution is -2.46. The van der Waals surface area contributed by atoms with E-state index in [-0.39, 0.29) is 12.1 Å². The van der Waals surface area contributed by atoms with E-state index >= 15 is 0 Å². The third-order valence-electron chi connectivity index (χ3n) is 4.51. The summed E-state index contributed by atoms with van der Waals surface area (Å²) in [6.07, 6.45) is 2.46. The molecule has 23 heavy (non-hydrogen) atoms. The standard InChI is InChI=1S/C18H29N3O2/c1-13(11-17(22)15-7-5-4-6-8-15)20-18(23)19-12-14(2)21(3)16-9-10-16/h4-8,13-14,16-17,22H,9-12H2,1-3H3,(H2,19,20,23). The van der Waals surface area contributed by atoms with Gasteiger partial charge in [0.15, 0.2) is 0 Å². The maximum absolute atomic E-state index is 12.0. The lowest BCUT2D eigenvalue weighted by atomic mass is 10.0. The number of urea groups is 1. The molecule has 0 spiro atoms. The number of hydrogen-bond donors (Lipinski definition) is 3. The first-order valence-electron chi connectivity index (χ1n) is 8.46. The van der Waals surface area contributed by atoms with Crippen molar-refractivity contribution in [2.24, 2.45) is 0 Å². The van der Waals surface area contributed by atoms with Gasteiger partial charge in [-0.3, -0.25) is 4.90 Å². The van der Waals surface area contributed by atoms with E-state index in [1.165, 1.54) is 12.8 Å². The van der Waals surface area contributed by atoms with Gasteiger partial charge in [0.1, 0.15) is 0 Å². The molecule has 1 aliphatic carbocycles. The highest BCUT2D eigenvalue weighted by Gasteiger charge is 2.29. The van der Waals surface area contributed by atoms with Crippen molar-refractivity contribution in [2.75, 3.05) is 13.6 Å². The summed E-state index contributed by atoms with van der Waals surface area (Å²) in [5.74, 6) is 0. The van der Waals surface area contributed by atoms with Crippen LogP contribution in [0.25, 0.3) is 0 Å². The summed E-state index contributed by atoms with van der Waals surface area (Å²) in [5.41, 5.74) is 0.876. The van der Waals surface area contributed by atoms with Crippen molar-refractivity contribution in [1.29, 1.82) is 0 Å². The highest BCUT2D eigenvalue weighted by molar-refractivity contribution is 5.74. The van der Waals surface area contributed by atoms with Crippen LogP contribution in [0.2, 0.25) is 0 Å². The van der Waals surface area contributed by atoms with E-state index in [1.54, 1.807) is 0 Å². The number of aliphatic hydroxyl groups is 1. The predicted octanol–water partition coefficient (Wildman–Crippen LogP) is 2.28. The third-order valence-corrected chi connectivity index (χ3v) is 4.51.